The molecule has 3 aromatic heterocycles. The van der Waals surface area contributed by atoms with Crippen molar-refractivity contribution in [3.63, 3.8) is 0 Å². The first-order valence-electron chi connectivity index (χ1n) is 10.8. The summed E-state index contributed by atoms with van der Waals surface area (Å²) in [4.78, 5) is 30.3. The summed E-state index contributed by atoms with van der Waals surface area (Å²) in [5, 5.41) is 3.40. The highest BCUT2D eigenvalue weighted by atomic mass is 16.5. The van der Waals surface area contributed by atoms with Gasteiger partial charge in [-0.1, -0.05) is 18.2 Å². The molecule has 0 fully saturated rings. The second kappa shape index (κ2) is 9.16. The molecular formula is C26H22N2O5. The van der Waals surface area contributed by atoms with E-state index >= 15 is 0 Å². The second-order valence-electron chi connectivity index (χ2n) is 7.80. The number of nitrogens with one attached hydrogen (secondary N) is 1. The highest BCUT2D eigenvalue weighted by Crippen LogP contribution is 2.36. The summed E-state index contributed by atoms with van der Waals surface area (Å²) >= 11 is 0. The maximum Gasteiger partial charge on any atom is 0.339 e. The van der Waals surface area contributed by atoms with Crippen LogP contribution in [-0.2, 0) is 22.5 Å². The van der Waals surface area contributed by atoms with E-state index in [1.807, 2.05) is 42.5 Å². The second-order valence-corrected chi connectivity index (χ2v) is 7.80. The molecule has 166 valence electrons. The number of fused-ring (bicyclic) bond motifs is 2. The average molecular weight is 442 g/mol. The molecule has 0 bridgehead atoms. The molecule has 4 aromatic rings. The number of amides is 1. The van der Waals surface area contributed by atoms with Gasteiger partial charge in [0.15, 0.2) is 6.61 Å². The molecule has 0 atom stereocenters. The molecule has 1 aliphatic carbocycles. The number of aromatic nitrogens is 1. The van der Waals surface area contributed by atoms with Gasteiger partial charge in [-0.2, -0.15) is 0 Å². The van der Waals surface area contributed by atoms with Gasteiger partial charge in [0.2, 0.25) is 0 Å². The summed E-state index contributed by atoms with van der Waals surface area (Å²) in [7, 11) is 0. The van der Waals surface area contributed by atoms with Gasteiger partial charge in [0.05, 0.1) is 35.8 Å². The zero-order valence-electron chi connectivity index (χ0n) is 17.9. The van der Waals surface area contributed by atoms with Crippen molar-refractivity contribution in [1.29, 1.82) is 0 Å². The molecule has 33 heavy (non-hydrogen) atoms. The Morgan fingerprint density at radius 1 is 1.03 bits per heavy atom. The van der Waals surface area contributed by atoms with Gasteiger partial charge in [-0.05, 0) is 66.8 Å². The number of benzene rings is 1. The number of pyridine rings is 1. The van der Waals surface area contributed by atoms with E-state index in [1.54, 1.807) is 18.4 Å². The van der Waals surface area contributed by atoms with Crippen molar-refractivity contribution < 1.29 is 23.2 Å². The lowest BCUT2D eigenvalue weighted by Crippen LogP contribution is -2.28. The van der Waals surface area contributed by atoms with E-state index in [0.29, 0.717) is 23.3 Å². The monoisotopic (exact) mass is 442 g/mol. The van der Waals surface area contributed by atoms with Crippen molar-refractivity contribution in [2.24, 2.45) is 0 Å². The third kappa shape index (κ3) is 4.43. The molecule has 1 N–H and O–H groups in total. The van der Waals surface area contributed by atoms with Crippen LogP contribution in [0.5, 0.6) is 0 Å². The van der Waals surface area contributed by atoms with Gasteiger partial charge in [-0.25, -0.2) is 9.78 Å². The number of nitrogens with zero attached hydrogens (tertiary/aromatic N) is 1. The number of carbonyl (C=O) groups excluding carboxylic acids is 2. The molecule has 0 radical (unpaired) electrons. The molecule has 7 heteroatoms. The number of esters is 1. The van der Waals surface area contributed by atoms with E-state index in [-0.39, 0.29) is 13.2 Å². The van der Waals surface area contributed by atoms with Gasteiger partial charge in [-0.15, -0.1) is 0 Å². The van der Waals surface area contributed by atoms with E-state index in [4.69, 9.17) is 18.6 Å². The Bertz CT molecular complexity index is 1320. The molecule has 3 heterocycles. The average Bonchev–Trinajstić information content (AvgIpc) is 3.54. The molecule has 0 unspecified atom stereocenters. The van der Waals surface area contributed by atoms with Gasteiger partial charge < -0.3 is 18.9 Å². The van der Waals surface area contributed by atoms with Gasteiger partial charge in [0, 0.05) is 5.39 Å². The van der Waals surface area contributed by atoms with Crippen molar-refractivity contribution in [3.05, 3.63) is 89.4 Å². The van der Waals surface area contributed by atoms with Gasteiger partial charge in [0.1, 0.15) is 11.5 Å². The largest absolute Gasteiger partial charge is 0.467 e. The molecule has 7 nitrogen and oxygen atoms in total. The Balaban J connectivity index is 1.43. The third-order valence-corrected chi connectivity index (χ3v) is 5.61. The predicted molar refractivity (Wildman–Crippen MR) is 122 cm³/mol. The molecule has 1 aromatic carbocycles. The predicted octanol–water partition coefficient (Wildman–Crippen LogP) is 4.77. The van der Waals surface area contributed by atoms with Crippen LogP contribution < -0.4 is 5.32 Å². The van der Waals surface area contributed by atoms with E-state index < -0.39 is 11.9 Å². The standard InChI is InChI=1S/C26H22N2O5/c29-23(27-15-19-8-5-13-32-19)16-33-26(30)24-20-9-1-2-11-22(20)28-25-17(6-3-10-21(24)25)14-18-7-4-12-31-18/h1-2,4-5,7-9,11-14H,3,6,10,15-16H2,(H,27,29)/b17-14+. The molecule has 1 aliphatic rings. The molecule has 1 amide bonds. The number of ether oxygens (including phenoxy) is 1. The number of allylic oxidation sites excluding steroid dienone is 1. The van der Waals surface area contributed by atoms with Crippen LogP contribution in [0.2, 0.25) is 0 Å². The van der Waals surface area contributed by atoms with E-state index in [2.05, 4.69) is 5.32 Å². The van der Waals surface area contributed by atoms with Crippen LogP contribution in [0, 0.1) is 0 Å². The summed E-state index contributed by atoms with van der Waals surface area (Å²) in [6.45, 7) is -0.141. The first-order valence-corrected chi connectivity index (χ1v) is 10.8. The summed E-state index contributed by atoms with van der Waals surface area (Å²) in [6.07, 6.45) is 7.55. The van der Waals surface area contributed by atoms with Crippen molar-refractivity contribution in [1.82, 2.24) is 10.3 Å². The number of para-hydroxylation sites is 1. The van der Waals surface area contributed by atoms with Crippen molar-refractivity contribution in [2.75, 3.05) is 6.61 Å². The maximum absolute atomic E-state index is 13.2. The lowest BCUT2D eigenvalue weighted by molar-refractivity contribution is -0.124. The molecule has 0 aliphatic heterocycles. The Labute approximate surface area is 190 Å². The fourth-order valence-corrected chi connectivity index (χ4v) is 4.11. The summed E-state index contributed by atoms with van der Waals surface area (Å²) in [6, 6.07) is 14.7. The fraction of sp³-hybridized carbons (Fsp3) is 0.192. The zero-order chi connectivity index (χ0) is 22.6. The van der Waals surface area contributed by atoms with Crippen LogP contribution in [0.25, 0.3) is 22.6 Å². The lowest BCUT2D eigenvalue weighted by Gasteiger charge is -2.22. The zero-order valence-corrected chi connectivity index (χ0v) is 17.9. The quantitative estimate of drug-likeness (QED) is 0.432. The van der Waals surface area contributed by atoms with E-state index in [1.165, 1.54) is 6.26 Å². The van der Waals surface area contributed by atoms with Gasteiger partial charge in [0.25, 0.3) is 5.91 Å². The van der Waals surface area contributed by atoms with Crippen LogP contribution in [0.3, 0.4) is 0 Å². The smallest absolute Gasteiger partial charge is 0.339 e. The Kier molecular flexibility index (Phi) is 5.76. The number of carbonyl (C=O) groups is 2. The van der Waals surface area contributed by atoms with Crippen LogP contribution >= 0.6 is 0 Å². The Hall–Kier alpha value is -4.13. The van der Waals surface area contributed by atoms with E-state index in [0.717, 1.165) is 40.8 Å². The minimum Gasteiger partial charge on any atom is -0.467 e. The highest BCUT2D eigenvalue weighted by Gasteiger charge is 2.26. The highest BCUT2D eigenvalue weighted by molar-refractivity contribution is 6.07. The molecular weight excluding hydrogens is 420 g/mol. The summed E-state index contributed by atoms with van der Waals surface area (Å²) in [5.74, 6) is 0.438. The number of hydrogen-bond donors (Lipinski definition) is 1. The van der Waals surface area contributed by atoms with Gasteiger partial charge >= 0.3 is 5.97 Å². The summed E-state index contributed by atoms with van der Waals surface area (Å²) < 4.78 is 16.1. The number of furan rings is 2. The van der Waals surface area contributed by atoms with Gasteiger partial charge in [-0.3, -0.25) is 4.79 Å². The normalized spacial score (nSPS) is 14.2. The third-order valence-electron chi connectivity index (χ3n) is 5.61. The Morgan fingerprint density at radius 3 is 2.70 bits per heavy atom. The molecule has 0 saturated carbocycles. The van der Waals surface area contributed by atoms with Crippen molar-refractivity contribution >= 4 is 34.4 Å². The van der Waals surface area contributed by atoms with Crippen LogP contribution in [-0.4, -0.2) is 23.5 Å². The van der Waals surface area contributed by atoms with Crippen LogP contribution in [0.15, 0.2) is 69.9 Å². The van der Waals surface area contributed by atoms with Crippen molar-refractivity contribution in [2.45, 2.75) is 25.8 Å². The molecule has 0 spiro atoms. The molecule has 5 rings (SSSR count). The SMILES string of the molecule is O=C(COC(=O)c1c2c(nc3ccccc13)/C(=C/c1ccco1)CCC2)NCc1ccco1. The first-order chi connectivity index (χ1) is 16.2. The van der Waals surface area contributed by atoms with Crippen molar-refractivity contribution in [3.8, 4) is 0 Å². The fourth-order valence-electron chi connectivity index (χ4n) is 4.11. The lowest BCUT2D eigenvalue weighted by atomic mass is 9.86. The minimum atomic E-state index is -0.530. The Morgan fingerprint density at radius 2 is 1.88 bits per heavy atom. The first kappa shape index (κ1) is 20.8. The summed E-state index contributed by atoms with van der Waals surface area (Å²) in [5.41, 5.74) is 3.82. The van der Waals surface area contributed by atoms with Crippen LogP contribution in [0.4, 0.5) is 0 Å². The topological polar surface area (TPSA) is 94.6 Å². The molecule has 0 saturated heterocycles. The number of rotatable bonds is 6. The minimum absolute atomic E-state index is 0.234. The van der Waals surface area contributed by atoms with E-state index in [9.17, 15) is 9.59 Å². The maximum atomic E-state index is 13.2. The van der Waals surface area contributed by atoms with Crippen LogP contribution in [0.1, 0.15) is 46.0 Å². The number of hydrogen-bond acceptors (Lipinski definition) is 6.